The van der Waals surface area contributed by atoms with Crippen molar-refractivity contribution in [2.45, 2.75) is 33.0 Å². The van der Waals surface area contributed by atoms with E-state index in [4.69, 9.17) is 99.3 Å². The monoisotopic (exact) mass is 1500 g/mol. The summed E-state index contributed by atoms with van der Waals surface area (Å²) < 4.78 is 262. The van der Waals surface area contributed by atoms with Crippen LogP contribution < -0.4 is 16.1 Å². The number of hydrogen-bond acceptors (Lipinski definition) is 12. The van der Waals surface area contributed by atoms with Crippen LogP contribution in [0.1, 0.15) is 78.5 Å². The summed E-state index contributed by atoms with van der Waals surface area (Å²) in [5, 5.41) is 77.2. The largest absolute Gasteiger partial charge is 0.508 e. The molecule has 0 atom stereocenters. The molecule has 0 fully saturated rings. The second-order valence-corrected chi connectivity index (χ2v) is 18.5. The Labute approximate surface area is 627 Å². The van der Waals surface area contributed by atoms with Gasteiger partial charge in [0, 0.05) is 79.2 Å². The number of aromatic hydroxyl groups is 2. The fraction of sp³-hybridized carbons (Fsp3) is 0.178. The number of phenols is 2. The molecule has 14 nitrogen and oxygen atoms in total. The molecule has 0 bridgehead atoms. The smallest absolute Gasteiger partial charge is 0.488 e. The zero-order chi connectivity index (χ0) is 100. The fourth-order valence-corrected chi connectivity index (χ4v) is 6.91. The number of benzene rings is 10. The number of nitrogens with zero attached hydrogens (tertiary/aromatic N) is 2. The molecule has 0 saturated carbocycles. The lowest BCUT2D eigenvalue weighted by Gasteiger charge is -2.02. The summed E-state index contributed by atoms with van der Waals surface area (Å²) >= 11 is 15.9. The highest BCUT2D eigenvalue weighted by molar-refractivity contribution is 14.1. The Kier molecular flexibility index (Phi) is 23.2. The van der Waals surface area contributed by atoms with E-state index in [1.165, 1.54) is 60.1 Å². The molecule has 10 aromatic rings. The Morgan fingerprint density at radius 1 is 0.511 bits per heavy atom. The van der Waals surface area contributed by atoms with Gasteiger partial charge in [0.05, 0.1) is 53.1 Å². The maximum absolute atomic E-state index is 10.4. The predicted octanol–water partition coefficient (Wildman–Crippen LogP) is 16.1. The van der Waals surface area contributed by atoms with E-state index in [1.54, 1.807) is 24.3 Å². The number of nitro groups is 2. The van der Waals surface area contributed by atoms with E-state index < -0.39 is 182 Å². The Balaban J connectivity index is 0.000000720. The number of phenolic OH excluding ortho intramolecular Hbond substituents is 2. The molecule has 10 rings (SSSR count). The zero-order valence-electron chi connectivity index (χ0n) is 85.6. The summed E-state index contributed by atoms with van der Waals surface area (Å²) in [4.78, 5) is 18.5. The van der Waals surface area contributed by atoms with Gasteiger partial charge in [-0.25, -0.2) is 0 Å². The maximum Gasteiger partial charge on any atom is 0.488 e. The van der Waals surface area contributed by atoms with Crippen LogP contribution in [0.5, 0.6) is 11.5 Å². The SMILES string of the molecule is BrCc1cccc(-c2ccccc2)c1.Cc1cccc(-c2ccccc2)c1.Cc1cccc(I)c1.OB(O)c1ccccc1.[2H]C([2H])(Cl)C([2H])([2H])NC([2H])([2H])C([2H])([2H])Cl.[2H]C([2H])(O)C([2H])([2H])NC([2H])([2H])C([2H])([2H])O.[2H]c1c([2H])c([2H])c(C([2H])([2H])[2H])c([2H])c1[2H].[2H]c1c([2H])c([2H])c(C)c([2H])c1[2H].[2H]c1c([2H])c([2H])c(O)c([2H])c1[2H].[2H]c1c([2H])c([N+](=O)[O-])c(O)c([N+](=O)[O-])c1[2H]. The van der Waals surface area contributed by atoms with Crippen molar-refractivity contribution in [3.05, 3.63) is 324 Å². The van der Waals surface area contributed by atoms with Gasteiger partial charge in [0.1, 0.15) is 5.75 Å². The summed E-state index contributed by atoms with van der Waals surface area (Å²) in [7, 11) is -1.34. The molecule has 0 radical (unpaired) electrons. The van der Waals surface area contributed by atoms with Crippen LogP contribution >= 0.6 is 61.7 Å². The summed E-state index contributed by atoms with van der Waals surface area (Å²) in [6.07, 6.45) is 0. The Bertz CT molecular complexity index is 4940. The normalized spacial score (nSPS) is 16.6. The molecule has 0 aliphatic heterocycles. The van der Waals surface area contributed by atoms with Crippen molar-refractivity contribution in [3.63, 3.8) is 0 Å². The molecule has 0 saturated heterocycles. The first-order valence-electron chi connectivity index (χ1n) is 44.0. The first-order chi connectivity index (χ1) is 58.7. The van der Waals surface area contributed by atoms with Gasteiger partial charge in [-0.1, -0.05) is 268 Å². The number of alkyl halides is 3. The van der Waals surface area contributed by atoms with Gasteiger partial charge >= 0.3 is 18.5 Å². The van der Waals surface area contributed by atoms with Crippen molar-refractivity contribution in [2.24, 2.45) is 0 Å². The molecule has 0 heterocycles. The van der Waals surface area contributed by atoms with Crippen molar-refractivity contribution in [1.29, 1.82) is 0 Å². The van der Waals surface area contributed by atoms with Crippen molar-refractivity contribution < 1.29 is 91.0 Å². The Hall–Kier alpha value is -7.79. The number of aliphatic hydroxyl groups is 2. The number of para-hydroxylation sites is 2. The van der Waals surface area contributed by atoms with Crippen LogP contribution in [-0.2, 0) is 5.33 Å². The summed E-state index contributed by atoms with van der Waals surface area (Å²) in [5.41, 5.74) is 6.78. The van der Waals surface area contributed by atoms with Crippen molar-refractivity contribution in [1.82, 2.24) is 10.6 Å². The Morgan fingerprint density at radius 2 is 0.913 bits per heavy atom. The first-order valence-corrected chi connectivity index (χ1v) is 28.5. The number of hydrogen-bond donors (Lipinski definition) is 8. The molecule has 0 aromatic heterocycles. The van der Waals surface area contributed by atoms with Crippen LogP contribution in [0.25, 0.3) is 22.3 Å². The van der Waals surface area contributed by atoms with Crippen LogP contribution in [0, 0.1) is 51.4 Å². The van der Waals surface area contributed by atoms with Gasteiger partial charge in [0.25, 0.3) is 5.75 Å². The van der Waals surface area contributed by atoms with Crippen LogP contribution in [0.2, 0.25) is 0 Å². The topological polar surface area (TPSA) is 232 Å². The van der Waals surface area contributed by atoms with E-state index in [1.807, 2.05) is 18.2 Å². The van der Waals surface area contributed by atoms with Crippen LogP contribution in [-0.4, -0.2) is 98.2 Å². The third kappa shape index (κ3) is 41.6. The van der Waals surface area contributed by atoms with Crippen molar-refractivity contribution in [2.75, 3.05) is 50.8 Å². The number of nitrogens with one attached hydrogen (secondary N) is 2. The molecule has 0 unspecified atom stereocenters. The molecule has 0 amide bonds. The van der Waals surface area contributed by atoms with Gasteiger partial charge in [0.15, 0.2) is 0 Å². The fourth-order valence-electron chi connectivity index (χ4n) is 5.77. The second-order valence-electron chi connectivity index (χ2n) is 16.3. The lowest BCUT2D eigenvalue weighted by Crippen LogP contribution is -2.29. The zero-order valence-corrected chi connectivity index (χ0v) is 53.9. The molecule has 486 valence electrons. The standard InChI is InChI=1S/C13H11Br.C13H12.C7H7I.2C7H8.C6H7BO2.C6H4N2O5.C6H6O.C4H9Cl2N.C4H11NO2/c14-10-11-5-4-8-13(9-11)12-6-2-1-3-7-12;1-11-6-5-9-13(10-11)12-7-3-2-4-8-12;1-6-3-2-4-7(8)5-6;2*1-7-5-3-2-4-6-7;8-7(9)6-4-2-1-3-5-6;9-6-4(7(10)11)2-1-3-5(6)8(12)13;7-6-4-2-1-3-5-6;5-1-3-7-4-2-6;6-3-1-5-2-4-7/h1-9H,10H2;2-10H,1H3;2-5H,1H3;2*2-6H,1H3;1-5,8-9H;1-3,9H;1-5,7H;7H,1-4H2;5-7H,1-4H2/i;;;1D3,2D,3D,4D,5D,6D;2D,3D,4D,5D,6D;;1D,2D,3D;1D,2D,3D,4D,5D;2*1D2,2D2,3D2,4D2. The highest BCUT2D eigenvalue weighted by atomic mass is 127. The molecule has 0 aliphatic carbocycles. The van der Waals surface area contributed by atoms with Crippen molar-refractivity contribution >= 4 is 85.7 Å². The third-order valence-electron chi connectivity index (χ3n) is 9.64. The van der Waals surface area contributed by atoms with Gasteiger partial charge in [-0.05, 0) is 114 Å². The predicted molar refractivity (Wildman–Crippen MR) is 395 cm³/mol. The third-order valence-corrected chi connectivity index (χ3v) is 11.1. The van der Waals surface area contributed by atoms with E-state index in [0.717, 1.165) is 5.33 Å². The number of halogens is 4. The minimum atomic E-state index is -3.43. The molecule has 0 spiro atoms. The molecule has 19 heteroatoms. The summed E-state index contributed by atoms with van der Waals surface area (Å²) in [5.74, 6) is -7.88. The second kappa shape index (κ2) is 53.8. The molecule has 10 aromatic carbocycles. The van der Waals surface area contributed by atoms with Gasteiger partial charge in [0.2, 0.25) is 0 Å². The molecule has 8 N–H and O–H groups in total. The molecule has 92 heavy (non-hydrogen) atoms. The highest BCUT2D eigenvalue weighted by Crippen LogP contribution is 2.34. The van der Waals surface area contributed by atoms with E-state index in [0.29, 0.717) is 11.0 Å². The lowest BCUT2D eigenvalue weighted by atomic mass is 9.81. The average Bonchev–Trinajstić information content (AvgIpc) is 0.693. The number of rotatable bonds is 14. The highest BCUT2D eigenvalue weighted by Gasteiger charge is 2.23. The maximum atomic E-state index is 10.4. The number of aryl methyl sites for hydroxylation is 2. The minimum absolute atomic E-state index is 0.124. The van der Waals surface area contributed by atoms with Gasteiger partial charge in [-0.2, -0.15) is 0 Å². The van der Waals surface area contributed by atoms with Crippen molar-refractivity contribution in [3.8, 4) is 33.8 Å². The first kappa shape index (κ1) is 39.7. The minimum Gasteiger partial charge on any atom is -0.508 e. The van der Waals surface area contributed by atoms with Crippen LogP contribution in [0.4, 0.5) is 11.4 Å². The summed E-state index contributed by atoms with van der Waals surface area (Å²) in [6, 6.07) is 45.1. The lowest BCUT2D eigenvalue weighted by molar-refractivity contribution is -0.396. The van der Waals surface area contributed by atoms with E-state index >= 15 is 0 Å². The molecular weight excluding hydrogens is 1380 g/mol. The molecule has 0 aliphatic rings. The van der Waals surface area contributed by atoms with Gasteiger partial charge < -0.3 is 41.1 Å². The van der Waals surface area contributed by atoms with Crippen LogP contribution in [0.3, 0.4) is 0 Å². The quantitative estimate of drug-likeness (QED) is 0.0167. The molecular formula is C73H83BBrCl2IN4O10. The Morgan fingerprint density at radius 3 is 1.29 bits per heavy atom. The average molecular weight is 1500 g/mol. The van der Waals surface area contributed by atoms with E-state index in [9.17, 15) is 25.3 Å². The number of nitro benzene ring substituents is 2. The van der Waals surface area contributed by atoms with E-state index in [-0.39, 0.29) is 30.2 Å². The van der Waals surface area contributed by atoms with Gasteiger partial charge in [-0.15, -0.1) is 23.2 Å². The summed E-state index contributed by atoms with van der Waals surface area (Å²) in [6.45, 7) is -16.3. The van der Waals surface area contributed by atoms with E-state index in [2.05, 4.69) is 174 Å². The van der Waals surface area contributed by atoms with Crippen LogP contribution in [0.15, 0.2) is 273 Å². The van der Waals surface area contributed by atoms with Gasteiger partial charge in [-0.3, -0.25) is 20.2 Å².